The first-order valence-electron chi connectivity index (χ1n) is 9.68. The Labute approximate surface area is 182 Å². The number of hydrogen-bond acceptors (Lipinski definition) is 4. The van der Waals surface area contributed by atoms with Gasteiger partial charge in [-0.05, 0) is 24.3 Å². The lowest BCUT2D eigenvalue weighted by Gasteiger charge is -2.28. The Kier molecular flexibility index (Phi) is 3.68. The van der Waals surface area contributed by atoms with Crippen LogP contribution in [0.5, 0.6) is 0 Å². The maximum atomic E-state index is 15.2. The molecule has 152 valence electrons. The molecule has 4 aromatic rings. The highest BCUT2D eigenvalue weighted by Gasteiger charge is 2.57. The smallest absolute Gasteiger partial charge is 0.321 e. The number of para-hydroxylation sites is 2. The van der Waals surface area contributed by atoms with Crippen molar-refractivity contribution in [1.82, 2.24) is 9.55 Å². The molecule has 6 rings (SSSR count). The predicted molar refractivity (Wildman–Crippen MR) is 117 cm³/mol. The van der Waals surface area contributed by atoms with Crippen LogP contribution >= 0.6 is 12.6 Å². The predicted octanol–water partition coefficient (Wildman–Crippen LogP) is 4.11. The molecule has 2 aromatic carbocycles. The van der Waals surface area contributed by atoms with Gasteiger partial charge in [0.1, 0.15) is 11.6 Å². The number of rotatable bonds is 0. The van der Waals surface area contributed by atoms with E-state index in [-0.39, 0.29) is 0 Å². The molecule has 2 aliphatic rings. The van der Waals surface area contributed by atoms with Gasteiger partial charge in [-0.1, -0.05) is 12.1 Å². The second kappa shape index (κ2) is 6.24. The van der Waals surface area contributed by atoms with Crippen LogP contribution in [0.2, 0.25) is 0 Å². The van der Waals surface area contributed by atoms with Gasteiger partial charge in [0.2, 0.25) is 11.6 Å². The van der Waals surface area contributed by atoms with Crippen LogP contribution < -0.4 is 9.47 Å². The van der Waals surface area contributed by atoms with Gasteiger partial charge >= 0.3 is 5.79 Å². The van der Waals surface area contributed by atoms with Crippen LogP contribution in [0.1, 0.15) is 5.56 Å². The minimum absolute atomic E-state index is 0.297. The molecule has 8 heteroatoms. The number of aliphatic imine (C=N–C) groups is 1. The average molecular weight is 432 g/mol. The van der Waals surface area contributed by atoms with E-state index in [1.807, 2.05) is 51.5 Å². The second-order valence-electron chi connectivity index (χ2n) is 7.55. The molecule has 0 saturated carbocycles. The van der Waals surface area contributed by atoms with Crippen LogP contribution in [0.3, 0.4) is 0 Å². The van der Waals surface area contributed by atoms with Crippen LogP contribution in [-0.4, -0.2) is 22.8 Å². The number of hydrogen-bond donors (Lipinski definition) is 1. The Balaban J connectivity index is 1.87. The first-order chi connectivity index (χ1) is 15.0. The van der Waals surface area contributed by atoms with Gasteiger partial charge in [0.15, 0.2) is 6.20 Å². The third kappa shape index (κ3) is 2.33. The summed E-state index contributed by atoms with van der Waals surface area (Å²) in [6, 6.07) is 13.5. The lowest BCUT2D eigenvalue weighted by atomic mass is 10.0. The highest BCUT2D eigenvalue weighted by molar-refractivity contribution is 7.80. The average Bonchev–Trinajstić information content (AvgIpc) is 3.24. The Morgan fingerprint density at radius 2 is 1.94 bits per heavy atom. The number of imidazole rings is 1. The number of aromatic nitrogens is 3. The molecular formula is C23H16F2N5S+. The molecule has 31 heavy (non-hydrogen) atoms. The fraction of sp³-hybridized carbons (Fsp3) is 0.0870. The lowest BCUT2D eigenvalue weighted by Crippen LogP contribution is -2.58. The summed E-state index contributed by atoms with van der Waals surface area (Å²) in [5.74, 6) is -2.02. The first-order valence-corrected chi connectivity index (χ1v) is 10.1. The minimum atomic E-state index is -1.31. The van der Waals surface area contributed by atoms with Gasteiger partial charge in [0.25, 0.3) is 0 Å². The Morgan fingerprint density at radius 1 is 1.10 bits per heavy atom. The van der Waals surface area contributed by atoms with E-state index in [0.717, 1.165) is 17.1 Å². The monoisotopic (exact) mass is 432 g/mol. The summed E-state index contributed by atoms with van der Waals surface area (Å²) in [4.78, 5) is 12.2. The Bertz CT molecular complexity index is 1460. The third-order valence-corrected chi connectivity index (χ3v) is 6.05. The highest BCUT2D eigenvalue weighted by Crippen LogP contribution is 2.45. The third-order valence-electron chi connectivity index (χ3n) is 5.77. The molecule has 0 aliphatic carbocycles. The van der Waals surface area contributed by atoms with Gasteiger partial charge in [-0.15, -0.1) is 17.2 Å². The molecule has 2 aromatic heterocycles. The van der Waals surface area contributed by atoms with Crippen molar-refractivity contribution in [2.75, 3.05) is 11.9 Å². The van der Waals surface area contributed by atoms with Crippen molar-refractivity contribution in [2.24, 2.45) is 4.99 Å². The number of fused-ring (bicyclic) bond motifs is 9. The number of nitrogens with zero attached hydrogens (tertiary/aromatic N) is 5. The Hall–Kier alpha value is -3.52. The Morgan fingerprint density at radius 3 is 2.81 bits per heavy atom. The lowest BCUT2D eigenvalue weighted by molar-refractivity contribution is -0.743. The molecule has 0 bridgehead atoms. The summed E-state index contributed by atoms with van der Waals surface area (Å²) in [5.41, 5.74) is 2.81. The maximum Gasteiger partial charge on any atom is 0.379 e. The highest BCUT2D eigenvalue weighted by atomic mass is 32.1. The maximum absolute atomic E-state index is 15.2. The van der Waals surface area contributed by atoms with Gasteiger partial charge in [-0.25, -0.2) is 18.3 Å². The van der Waals surface area contributed by atoms with E-state index in [0.29, 0.717) is 27.7 Å². The summed E-state index contributed by atoms with van der Waals surface area (Å²) >= 11 is 4.45. The van der Waals surface area contributed by atoms with Crippen LogP contribution in [-0.2, 0) is 5.79 Å². The number of thiol groups is 1. The van der Waals surface area contributed by atoms with Crippen molar-refractivity contribution in [3.05, 3.63) is 84.2 Å². The van der Waals surface area contributed by atoms with Gasteiger partial charge in [0, 0.05) is 42.6 Å². The van der Waals surface area contributed by atoms with E-state index < -0.39 is 17.4 Å². The van der Waals surface area contributed by atoms with Gasteiger partial charge in [-0.2, -0.15) is 4.99 Å². The van der Waals surface area contributed by atoms with Crippen molar-refractivity contribution in [1.29, 1.82) is 0 Å². The van der Waals surface area contributed by atoms with Gasteiger partial charge in [0.05, 0.1) is 22.2 Å². The van der Waals surface area contributed by atoms with Crippen LogP contribution in [0.4, 0.5) is 14.7 Å². The number of allylic oxidation sites excluding steroid dienone is 1. The van der Waals surface area contributed by atoms with Crippen LogP contribution in [0.25, 0.3) is 22.3 Å². The fourth-order valence-electron chi connectivity index (χ4n) is 4.54. The molecule has 2 aliphatic heterocycles. The zero-order valence-electron chi connectivity index (χ0n) is 16.4. The van der Waals surface area contributed by atoms with Crippen LogP contribution in [0.15, 0.2) is 76.9 Å². The quantitative estimate of drug-likeness (QED) is 0.335. The zero-order chi connectivity index (χ0) is 21.3. The van der Waals surface area contributed by atoms with E-state index in [4.69, 9.17) is 9.98 Å². The van der Waals surface area contributed by atoms with Crippen molar-refractivity contribution >= 4 is 35.8 Å². The van der Waals surface area contributed by atoms with Gasteiger partial charge in [-0.3, -0.25) is 0 Å². The summed E-state index contributed by atoms with van der Waals surface area (Å²) in [7, 11) is 1.88. The molecule has 0 radical (unpaired) electrons. The molecule has 0 amide bonds. The molecule has 1 spiro atoms. The summed E-state index contributed by atoms with van der Waals surface area (Å²) < 4.78 is 33.5. The normalized spacial score (nSPS) is 20.8. The van der Waals surface area contributed by atoms with Crippen molar-refractivity contribution in [2.45, 2.75) is 10.7 Å². The molecule has 0 fully saturated rings. The minimum Gasteiger partial charge on any atom is -0.321 e. The number of pyridine rings is 1. The second-order valence-corrected chi connectivity index (χ2v) is 8.07. The number of anilines is 1. The topological polar surface area (TPSA) is 37.3 Å². The van der Waals surface area contributed by atoms with Crippen LogP contribution in [0, 0.1) is 11.6 Å². The van der Waals surface area contributed by atoms with Crippen molar-refractivity contribution in [3.8, 4) is 11.3 Å². The molecule has 1 unspecified atom stereocenters. The van der Waals surface area contributed by atoms with E-state index in [9.17, 15) is 4.39 Å². The van der Waals surface area contributed by atoms with E-state index in [1.165, 1.54) is 6.07 Å². The van der Waals surface area contributed by atoms with Crippen molar-refractivity contribution in [3.63, 3.8) is 0 Å². The number of benzene rings is 2. The van der Waals surface area contributed by atoms with E-state index in [2.05, 4.69) is 12.6 Å². The molecule has 1 atom stereocenters. The number of halogens is 2. The SMILES string of the molecule is CN1/C=C\C=N\C2(c3cc(F)cc(F)c3-c3cc(S)cc[n+]32)n2c1nc1ccccc12. The largest absolute Gasteiger partial charge is 0.379 e. The standard InChI is InChI=1S/C23H15F2N5S/c1-28-9-4-8-26-23(30-19-6-3-2-5-18(19)27-22(28)30)16-11-14(24)12-17(25)21(16)20-13-15(31)7-10-29(20)23/h2-13H,1H3/p+1/b9-4-,26-8+. The van der Waals surface area contributed by atoms with E-state index in [1.54, 1.807) is 30.6 Å². The fourth-order valence-corrected chi connectivity index (χ4v) is 4.73. The molecule has 0 N–H and O–H groups in total. The molecule has 4 heterocycles. The van der Waals surface area contributed by atoms with Gasteiger partial charge < -0.3 is 4.90 Å². The first kappa shape index (κ1) is 18.3. The summed E-state index contributed by atoms with van der Waals surface area (Å²) in [6.45, 7) is 0. The summed E-state index contributed by atoms with van der Waals surface area (Å²) in [6.07, 6.45) is 7.08. The van der Waals surface area contributed by atoms with Crippen molar-refractivity contribution < 1.29 is 13.3 Å². The zero-order valence-corrected chi connectivity index (χ0v) is 17.3. The molecular weight excluding hydrogens is 416 g/mol. The summed E-state index contributed by atoms with van der Waals surface area (Å²) in [5, 5.41) is 0. The molecule has 5 nitrogen and oxygen atoms in total. The van der Waals surface area contributed by atoms with E-state index >= 15 is 4.39 Å². The molecule has 0 saturated heterocycles.